The van der Waals surface area contributed by atoms with Gasteiger partial charge in [0.2, 0.25) is 5.82 Å². The van der Waals surface area contributed by atoms with Gasteiger partial charge in [0, 0.05) is 36.6 Å². The topological polar surface area (TPSA) is 96.1 Å². The van der Waals surface area contributed by atoms with E-state index in [0.717, 1.165) is 5.56 Å². The van der Waals surface area contributed by atoms with Crippen molar-refractivity contribution in [2.45, 2.75) is 32.7 Å². The number of benzene rings is 1. The fraction of sp³-hybridized carbons (Fsp3) is 0.353. The molecule has 1 aromatic heterocycles. The molecule has 0 fully saturated rings. The summed E-state index contributed by atoms with van der Waals surface area (Å²) in [5.74, 6) is -1.49. The van der Waals surface area contributed by atoms with Crippen LogP contribution in [0.25, 0.3) is 11.4 Å². The highest BCUT2D eigenvalue weighted by Crippen LogP contribution is 2.29. The Morgan fingerprint density at radius 1 is 1.30 bits per heavy atom. The van der Waals surface area contributed by atoms with Crippen LogP contribution in [-0.4, -0.2) is 29.0 Å². The summed E-state index contributed by atoms with van der Waals surface area (Å²) in [5.41, 5.74) is 4.77. The summed E-state index contributed by atoms with van der Waals surface area (Å²) in [5, 5.41) is 13.8. The second kappa shape index (κ2) is 9.28. The molecule has 0 unspecified atom stereocenters. The fourth-order valence-electron chi connectivity index (χ4n) is 1.96. The summed E-state index contributed by atoms with van der Waals surface area (Å²) in [4.78, 5) is 8.55. The van der Waals surface area contributed by atoms with E-state index in [2.05, 4.69) is 25.5 Å². The number of hydrogen-bond donors (Lipinski definition) is 3. The smallest absolute Gasteiger partial charge is 0.387 e. The van der Waals surface area contributed by atoms with Gasteiger partial charge in [0.05, 0.1) is 6.10 Å². The lowest BCUT2D eigenvalue weighted by Gasteiger charge is -2.09. The van der Waals surface area contributed by atoms with Gasteiger partial charge in [-0.3, -0.25) is 4.84 Å². The Hall–Kier alpha value is -2.72. The average molecular weight is 383 g/mol. The number of alkyl halides is 3. The highest BCUT2D eigenvalue weighted by molar-refractivity contribution is 5.75. The van der Waals surface area contributed by atoms with Gasteiger partial charge in [-0.15, -0.1) is 0 Å². The molecule has 0 aliphatic carbocycles. The lowest BCUT2D eigenvalue weighted by Crippen LogP contribution is -2.23. The molecule has 0 saturated heterocycles. The van der Waals surface area contributed by atoms with Gasteiger partial charge >= 0.3 is 12.1 Å². The van der Waals surface area contributed by atoms with Crippen molar-refractivity contribution >= 4 is 6.21 Å². The summed E-state index contributed by atoms with van der Waals surface area (Å²) in [7, 11) is 0. The maximum Gasteiger partial charge on any atom is 0.471 e. The first-order valence-corrected chi connectivity index (χ1v) is 8.11. The summed E-state index contributed by atoms with van der Waals surface area (Å²) in [6.07, 6.45) is -1.73. The standard InChI is InChI=1S/C17H20F3N5O2/c1-11(2)26-23-10-13(7-21)9-22-8-12-3-5-14(6-4-12)15-24-16(27-25-15)17(18,19)20/h3-7,9,11,21-23H,8,10H2,1-2H3/b13-9+,21-7?. The van der Waals surface area contributed by atoms with Gasteiger partial charge in [-0.25, -0.2) is 0 Å². The van der Waals surface area contributed by atoms with Crippen molar-refractivity contribution in [2.24, 2.45) is 0 Å². The van der Waals surface area contributed by atoms with Crippen LogP contribution in [0.1, 0.15) is 25.3 Å². The molecule has 1 aromatic carbocycles. The molecule has 0 saturated carbocycles. The van der Waals surface area contributed by atoms with Crippen LogP contribution in [0.5, 0.6) is 0 Å². The van der Waals surface area contributed by atoms with E-state index in [0.29, 0.717) is 24.2 Å². The second-order valence-electron chi connectivity index (χ2n) is 5.85. The van der Waals surface area contributed by atoms with Crippen molar-refractivity contribution in [1.29, 1.82) is 5.41 Å². The van der Waals surface area contributed by atoms with E-state index in [-0.39, 0.29) is 11.9 Å². The Kier molecular flexibility index (Phi) is 7.08. The van der Waals surface area contributed by atoms with Crippen LogP contribution in [-0.2, 0) is 17.6 Å². The molecule has 0 aliphatic rings. The normalized spacial score (nSPS) is 12.4. The predicted octanol–water partition coefficient (Wildman–Crippen LogP) is 3.31. The summed E-state index contributed by atoms with van der Waals surface area (Å²) in [6, 6.07) is 6.70. The molecule has 7 nitrogen and oxygen atoms in total. The minimum atomic E-state index is -4.66. The number of hydroxylamine groups is 1. The summed E-state index contributed by atoms with van der Waals surface area (Å²) in [6.45, 7) is 4.64. The Morgan fingerprint density at radius 2 is 2.00 bits per heavy atom. The molecule has 0 aliphatic heterocycles. The molecular weight excluding hydrogens is 363 g/mol. The second-order valence-corrected chi connectivity index (χ2v) is 5.85. The molecule has 0 atom stereocenters. The third-order valence-electron chi connectivity index (χ3n) is 3.26. The third kappa shape index (κ3) is 6.50. The minimum Gasteiger partial charge on any atom is -0.387 e. The van der Waals surface area contributed by atoms with Crippen LogP contribution < -0.4 is 10.8 Å². The molecular formula is C17H20F3N5O2. The van der Waals surface area contributed by atoms with E-state index in [1.807, 2.05) is 13.8 Å². The first-order chi connectivity index (χ1) is 12.8. The maximum absolute atomic E-state index is 12.5. The monoisotopic (exact) mass is 383 g/mol. The largest absolute Gasteiger partial charge is 0.471 e. The van der Waals surface area contributed by atoms with Crippen molar-refractivity contribution in [1.82, 2.24) is 20.9 Å². The van der Waals surface area contributed by atoms with Gasteiger partial charge in [-0.1, -0.05) is 29.4 Å². The van der Waals surface area contributed by atoms with Crippen LogP contribution in [0.4, 0.5) is 13.2 Å². The first-order valence-electron chi connectivity index (χ1n) is 8.11. The van der Waals surface area contributed by atoms with Gasteiger partial charge in [0.15, 0.2) is 0 Å². The Balaban J connectivity index is 1.91. The number of halogens is 3. The molecule has 0 amide bonds. The zero-order valence-electron chi connectivity index (χ0n) is 14.8. The molecule has 0 spiro atoms. The van der Waals surface area contributed by atoms with Crippen LogP contribution in [0.2, 0.25) is 0 Å². The van der Waals surface area contributed by atoms with Gasteiger partial charge in [0.25, 0.3) is 0 Å². The van der Waals surface area contributed by atoms with Crippen molar-refractivity contribution in [3.8, 4) is 11.4 Å². The number of nitrogens with one attached hydrogen (secondary N) is 3. The molecule has 27 heavy (non-hydrogen) atoms. The number of nitrogens with zero attached hydrogens (tertiary/aromatic N) is 2. The number of aromatic nitrogens is 2. The molecule has 0 radical (unpaired) electrons. The first kappa shape index (κ1) is 20.6. The summed E-state index contributed by atoms with van der Waals surface area (Å²) < 4.78 is 41.7. The quantitative estimate of drug-likeness (QED) is 0.454. The highest BCUT2D eigenvalue weighted by atomic mass is 19.4. The van der Waals surface area contributed by atoms with E-state index in [1.165, 1.54) is 6.21 Å². The Bertz CT molecular complexity index is 770. The lowest BCUT2D eigenvalue weighted by atomic mass is 10.1. The molecule has 2 aromatic rings. The van der Waals surface area contributed by atoms with Crippen LogP contribution in [0, 0.1) is 5.41 Å². The molecule has 0 bridgehead atoms. The van der Waals surface area contributed by atoms with Gasteiger partial charge in [-0.2, -0.15) is 23.6 Å². The van der Waals surface area contributed by atoms with Crippen molar-refractivity contribution in [3.05, 3.63) is 47.5 Å². The van der Waals surface area contributed by atoms with Crippen molar-refractivity contribution in [2.75, 3.05) is 6.54 Å². The zero-order valence-corrected chi connectivity index (χ0v) is 14.8. The van der Waals surface area contributed by atoms with Crippen LogP contribution in [0.3, 0.4) is 0 Å². The van der Waals surface area contributed by atoms with Crippen LogP contribution in [0.15, 0.2) is 40.6 Å². The molecule has 10 heteroatoms. The van der Waals surface area contributed by atoms with Gasteiger partial charge in [-0.05, 0) is 19.4 Å². The SMILES string of the molecule is CC(C)ONC/C(C=N)=C/NCc1ccc(-c2noc(C(F)(F)F)n2)cc1. The average Bonchev–Trinajstić information content (AvgIpc) is 3.11. The Morgan fingerprint density at radius 3 is 2.56 bits per heavy atom. The number of rotatable bonds is 9. The lowest BCUT2D eigenvalue weighted by molar-refractivity contribution is -0.159. The number of hydrogen-bond acceptors (Lipinski definition) is 7. The van der Waals surface area contributed by atoms with Gasteiger partial charge in [0.1, 0.15) is 0 Å². The molecule has 1 heterocycles. The Labute approximate surface area is 154 Å². The molecule has 146 valence electrons. The van der Waals surface area contributed by atoms with Crippen LogP contribution >= 0.6 is 0 Å². The van der Waals surface area contributed by atoms with E-state index in [9.17, 15) is 13.2 Å². The van der Waals surface area contributed by atoms with Gasteiger partial charge < -0.3 is 15.2 Å². The van der Waals surface area contributed by atoms with E-state index in [1.54, 1.807) is 30.5 Å². The fourth-order valence-corrected chi connectivity index (χ4v) is 1.96. The van der Waals surface area contributed by atoms with E-state index < -0.39 is 12.1 Å². The van der Waals surface area contributed by atoms with Crippen molar-refractivity contribution < 1.29 is 22.5 Å². The maximum atomic E-state index is 12.5. The summed E-state index contributed by atoms with van der Waals surface area (Å²) >= 11 is 0. The zero-order chi connectivity index (χ0) is 19.9. The van der Waals surface area contributed by atoms with E-state index >= 15 is 0 Å². The van der Waals surface area contributed by atoms with E-state index in [4.69, 9.17) is 10.2 Å². The minimum absolute atomic E-state index is 0.0369. The third-order valence-corrected chi connectivity index (χ3v) is 3.26. The predicted molar refractivity (Wildman–Crippen MR) is 92.7 cm³/mol. The van der Waals surface area contributed by atoms with Crippen molar-refractivity contribution in [3.63, 3.8) is 0 Å². The highest BCUT2D eigenvalue weighted by Gasteiger charge is 2.38. The molecule has 2 rings (SSSR count). The molecule has 3 N–H and O–H groups in total.